The van der Waals surface area contributed by atoms with Gasteiger partial charge in [0.15, 0.2) is 0 Å². The third-order valence-corrected chi connectivity index (χ3v) is 4.31. The lowest BCUT2D eigenvalue weighted by molar-refractivity contribution is -0.130. The van der Waals surface area contributed by atoms with Crippen LogP contribution in [0.5, 0.6) is 5.75 Å². The smallest absolute Gasteiger partial charge is 0.253 e. The molecule has 0 fully saturated rings. The van der Waals surface area contributed by atoms with E-state index in [0.717, 1.165) is 17.0 Å². The Balaban J connectivity index is 2.15. The van der Waals surface area contributed by atoms with Gasteiger partial charge >= 0.3 is 0 Å². The van der Waals surface area contributed by atoms with Gasteiger partial charge in [0.1, 0.15) is 12.4 Å². The van der Waals surface area contributed by atoms with Crippen molar-refractivity contribution in [1.29, 1.82) is 0 Å². The molecule has 0 spiro atoms. The van der Waals surface area contributed by atoms with Gasteiger partial charge in [-0.15, -0.1) is 0 Å². The lowest BCUT2D eigenvalue weighted by atomic mass is 10.1. The topological polar surface area (TPSA) is 53.1 Å². The van der Waals surface area contributed by atoms with Gasteiger partial charge in [-0.2, -0.15) is 0 Å². The molecule has 0 aliphatic carbocycles. The van der Waals surface area contributed by atoms with Crippen molar-refractivity contribution < 1.29 is 14.3 Å². The molecule has 0 radical (unpaired) electrons. The molecule has 1 heterocycles. The number of benzene rings is 1. The van der Waals surface area contributed by atoms with Crippen LogP contribution in [-0.2, 0) is 4.79 Å². The van der Waals surface area contributed by atoms with Crippen molar-refractivity contribution in [2.45, 2.75) is 19.4 Å². The van der Waals surface area contributed by atoms with Crippen molar-refractivity contribution in [1.82, 2.24) is 9.80 Å². The zero-order chi connectivity index (χ0) is 18.7. The molecular formula is C19H27N3O3. The summed E-state index contributed by atoms with van der Waals surface area (Å²) in [5.41, 5.74) is 2.38. The van der Waals surface area contributed by atoms with Crippen LogP contribution in [0.1, 0.15) is 23.7 Å². The molecule has 6 nitrogen and oxygen atoms in total. The van der Waals surface area contributed by atoms with Gasteiger partial charge < -0.3 is 19.4 Å². The minimum absolute atomic E-state index is 0.0485. The molecule has 1 atom stereocenters. The lowest BCUT2D eigenvalue weighted by Gasteiger charge is -2.36. The predicted molar refractivity (Wildman–Crippen MR) is 99.2 cm³/mol. The average Bonchev–Trinajstić information content (AvgIpc) is 2.55. The van der Waals surface area contributed by atoms with Gasteiger partial charge in [0.25, 0.3) is 5.91 Å². The highest BCUT2D eigenvalue weighted by molar-refractivity contribution is 5.95. The molecule has 0 N–H and O–H groups in total. The van der Waals surface area contributed by atoms with Gasteiger partial charge in [-0.25, -0.2) is 0 Å². The molecule has 136 valence electrons. The minimum atomic E-state index is -0.0720. The van der Waals surface area contributed by atoms with Crippen molar-refractivity contribution in [2.75, 3.05) is 46.2 Å². The van der Waals surface area contributed by atoms with E-state index in [4.69, 9.17) is 4.74 Å². The molecule has 1 aromatic rings. The number of carbonyl (C=O) groups excluding carboxylic acids is 2. The predicted octanol–water partition coefficient (Wildman–Crippen LogP) is 2.01. The molecule has 1 unspecified atom stereocenters. The van der Waals surface area contributed by atoms with E-state index < -0.39 is 0 Å². The highest BCUT2D eigenvalue weighted by Gasteiger charge is 2.28. The molecule has 0 bridgehead atoms. The van der Waals surface area contributed by atoms with Crippen LogP contribution in [0.2, 0.25) is 0 Å². The average molecular weight is 345 g/mol. The van der Waals surface area contributed by atoms with E-state index in [1.165, 1.54) is 0 Å². The fraction of sp³-hybridized carbons (Fsp3) is 0.474. The highest BCUT2D eigenvalue weighted by Crippen LogP contribution is 2.34. The summed E-state index contributed by atoms with van der Waals surface area (Å²) in [5.74, 6) is 0.722. The monoisotopic (exact) mass is 345 g/mol. The summed E-state index contributed by atoms with van der Waals surface area (Å²) in [6.45, 7) is 6.74. The summed E-state index contributed by atoms with van der Waals surface area (Å²) in [6, 6.07) is 5.33. The Bertz CT molecular complexity index is 684. The largest absolute Gasteiger partial charge is 0.489 e. The Hall–Kier alpha value is -2.50. The van der Waals surface area contributed by atoms with Crippen LogP contribution in [0.25, 0.3) is 0 Å². The fourth-order valence-electron chi connectivity index (χ4n) is 2.85. The summed E-state index contributed by atoms with van der Waals surface area (Å²) in [4.78, 5) is 29.8. The van der Waals surface area contributed by atoms with Crippen LogP contribution >= 0.6 is 0 Å². The molecule has 6 heteroatoms. The van der Waals surface area contributed by atoms with Crippen molar-refractivity contribution in [3.8, 4) is 5.75 Å². The molecular weight excluding hydrogens is 318 g/mol. The van der Waals surface area contributed by atoms with Gasteiger partial charge in [-0.3, -0.25) is 9.59 Å². The second-order valence-electron chi connectivity index (χ2n) is 6.87. The number of rotatable bonds is 5. The second kappa shape index (κ2) is 7.59. The van der Waals surface area contributed by atoms with Crippen LogP contribution in [0.3, 0.4) is 0 Å². The zero-order valence-electron chi connectivity index (χ0n) is 15.7. The van der Waals surface area contributed by atoms with Crippen molar-refractivity contribution >= 4 is 17.5 Å². The quantitative estimate of drug-likeness (QED) is 0.766. The number of likely N-dealkylation sites (N-methyl/N-ethyl adjacent to an activating group) is 2. The van der Waals surface area contributed by atoms with Crippen molar-refractivity contribution in [3.05, 3.63) is 35.9 Å². The zero-order valence-corrected chi connectivity index (χ0v) is 15.7. The maximum absolute atomic E-state index is 12.4. The normalized spacial score (nSPS) is 15.9. The molecule has 0 saturated heterocycles. The summed E-state index contributed by atoms with van der Waals surface area (Å²) >= 11 is 0. The molecule has 1 aliphatic heterocycles. The third kappa shape index (κ3) is 4.32. The minimum Gasteiger partial charge on any atom is -0.489 e. The van der Waals surface area contributed by atoms with Crippen LogP contribution in [-0.4, -0.2) is 69.0 Å². The van der Waals surface area contributed by atoms with Gasteiger partial charge in [-0.1, -0.05) is 12.2 Å². The van der Waals surface area contributed by atoms with E-state index in [0.29, 0.717) is 25.1 Å². The van der Waals surface area contributed by atoms with Gasteiger partial charge in [0.05, 0.1) is 18.2 Å². The molecule has 1 aromatic carbocycles. The summed E-state index contributed by atoms with van der Waals surface area (Å²) in [6.07, 6.45) is 0.353. The van der Waals surface area contributed by atoms with E-state index in [2.05, 4.69) is 6.58 Å². The second-order valence-corrected chi connectivity index (χ2v) is 6.87. The summed E-state index contributed by atoms with van der Waals surface area (Å²) in [7, 11) is 7.16. The Kier molecular flexibility index (Phi) is 5.72. The third-order valence-electron chi connectivity index (χ3n) is 4.31. The number of anilines is 1. The van der Waals surface area contributed by atoms with E-state index in [1.54, 1.807) is 37.0 Å². The molecule has 2 amide bonds. The standard InChI is InChI=1S/C19H27N3O3/c1-13(2)11-21(5)18(23)10-15-12-25-17-8-7-14(19(24)20(3)4)9-16(17)22(15)6/h7-9,15H,1,10-12H2,2-6H3. The van der Waals surface area contributed by atoms with E-state index in [9.17, 15) is 9.59 Å². The Morgan fingerprint density at radius 1 is 1.32 bits per heavy atom. The molecule has 0 saturated carbocycles. The first kappa shape index (κ1) is 18.8. The summed E-state index contributed by atoms with van der Waals surface area (Å²) < 4.78 is 5.81. The number of ether oxygens (including phenoxy) is 1. The SMILES string of the molecule is C=C(C)CN(C)C(=O)CC1COc2ccc(C(=O)N(C)C)cc2N1C. The summed E-state index contributed by atoms with van der Waals surface area (Å²) in [5, 5.41) is 0. The van der Waals surface area contributed by atoms with Crippen molar-refractivity contribution in [2.24, 2.45) is 0 Å². The number of nitrogens with zero attached hydrogens (tertiary/aromatic N) is 3. The fourth-order valence-corrected chi connectivity index (χ4v) is 2.85. The molecule has 0 aromatic heterocycles. The highest BCUT2D eigenvalue weighted by atomic mass is 16.5. The lowest BCUT2D eigenvalue weighted by Crippen LogP contribution is -2.44. The Morgan fingerprint density at radius 2 is 2.00 bits per heavy atom. The Morgan fingerprint density at radius 3 is 2.60 bits per heavy atom. The van der Waals surface area contributed by atoms with Crippen molar-refractivity contribution in [3.63, 3.8) is 0 Å². The van der Waals surface area contributed by atoms with E-state index >= 15 is 0 Å². The maximum atomic E-state index is 12.4. The van der Waals surface area contributed by atoms with Crippen LogP contribution in [0.4, 0.5) is 5.69 Å². The number of hydrogen-bond acceptors (Lipinski definition) is 4. The van der Waals surface area contributed by atoms with Gasteiger partial charge in [0.2, 0.25) is 5.91 Å². The van der Waals surface area contributed by atoms with Crippen LogP contribution < -0.4 is 9.64 Å². The molecule has 1 aliphatic rings. The first-order valence-corrected chi connectivity index (χ1v) is 8.30. The molecule has 25 heavy (non-hydrogen) atoms. The number of hydrogen-bond donors (Lipinski definition) is 0. The number of fused-ring (bicyclic) bond motifs is 1. The Labute approximate surface area is 149 Å². The van der Waals surface area contributed by atoms with Gasteiger partial charge in [-0.05, 0) is 25.1 Å². The van der Waals surface area contributed by atoms with E-state index in [1.807, 2.05) is 31.0 Å². The molecule has 2 rings (SSSR count). The van der Waals surface area contributed by atoms with Gasteiger partial charge in [0, 0.05) is 40.3 Å². The first-order chi connectivity index (χ1) is 11.7. The van der Waals surface area contributed by atoms with Crippen LogP contribution in [0, 0.1) is 0 Å². The number of carbonyl (C=O) groups is 2. The number of amides is 2. The first-order valence-electron chi connectivity index (χ1n) is 8.30. The van der Waals surface area contributed by atoms with Crippen LogP contribution in [0.15, 0.2) is 30.4 Å². The maximum Gasteiger partial charge on any atom is 0.253 e. The van der Waals surface area contributed by atoms with E-state index in [-0.39, 0.29) is 17.9 Å².